The number of hydrogen-bond acceptors (Lipinski definition) is 6. The molecule has 88 valence electrons. The van der Waals surface area contributed by atoms with Crippen LogP contribution in [0.2, 0.25) is 0 Å². The molecular formula is C10H14N2O4. The van der Waals surface area contributed by atoms with Gasteiger partial charge in [0.15, 0.2) is 6.10 Å². The minimum Gasteiger partial charge on any atom is -0.467 e. The van der Waals surface area contributed by atoms with Gasteiger partial charge < -0.3 is 20.7 Å². The fraction of sp³-hybridized carbons (Fsp3) is 0.400. The van der Waals surface area contributed by atoms with Crippen molar-refractivity contribution in [3.63, 3.8) is 0 Å². The van der Waals surface area contributed by atoms with Crippen LogP contribution in [0, 0.1) is 6.92 Å². The smallest absolute Gasteiger partial charge is 0.337 e. The Bertz CT molecular complexity index is 394. The third-order valence-electron chi connectivity index (χ3n) is 2.22. The average molecular weight is 226 g/mol. The van der Waals surface area contributed by atoms with Crippen molar-refractivity contribution in [2.24, 2.45) is 0 Å². The second kappa shape index (κ2) is 4.91. The van der Waals surface area contributed by atoms with Crippen LogP contribution >= 0.6 is 0 Å². The van der Waals surface area contributed by atoms with Gasteiger partial charge in [0, 0.05) is 11.8 Å². The largest absolute Gasteiger partial charge is 0.467 e. The SMILES string of the molecule is COC(=O)C(O)C(O)c1cnc(N)c(C)c1. The molecular weight excluding hydrogens is 212 g/mol. The number of nitrogen functional groups attached to an aromatic ring is 1. The quantitative estimate of drug-likeness (QED) is 0.602. The van der Waals surface area contributed by atoms with E-state index in [0.29, 0.717) is 16.9 Å². The van der Waals surface area contributed by atoms with Crippen LogP contribution in [0.5, 0.6) is 0 Å². The van der Waals surface area contributed by atoms with Crippen LogP contribution in [-0.4, -0.2) is 34.4 Å². The maximum absolute atomic E-state index is 11.0. The summed E-state index contributed by atoms with van der Waals surface area (Å²) in [5.41, 5.74) is 6.47. The Hall–Kier alpha value is -1.66. The number of aliphatic hydroxyl groups is 2. The lowest BCUT2D eigenvalue weighted by molar-refractivity contribution is -0.156. The molecule has 0 amide bonds. The maximum atomic E-state index is 11.0. The summed E-state index contributed by atoms with van der Waals surface area (Å²) in [4.78, 5) is 14.8. The van der Waals surface area contributed by atoms with Crippen molar-refractivity contribution >= 4 is 11.8 Å². The molecule has 2 unspecified atom stereocenters. The average Bonchev–Trinajstić information content (AvgIpc) is 2.29. The fourth-order valence-corrected chi connectivity index (χ4v) is 1.20. The third-order valence-corrected chi connectivity index (χ3v) is 2.22. The minimum atomic E-state index is -1.63. The van der Waals surface area contributed by atoms with Crippen molar-refractivity contribution in [1.82, 2.24) is 4.98 Å². The summed E-state index contributed by atoms with van der Waals surface area (Å²) in [6, 6.07) is 1.55. The molecule has 1 aromatic rings. The molecule has 2 atom stereocenters. The van der Waals surface area contributed by atoms with Crippen LogP contribution in [0.1, 0.15) is 17.2 Å². The Labute approximate surface area is 92.7 Å². The van der Waals surface area contributed by atoms with Gasteiger partial charge in [-0.3, -0.25) is 0 Å². The molecule has 0 fully saturated rings. The van der Waals surface area contributed by atoms with Crippen LogP contribution in [0.25, 0.3) is 0 Å². The van der Waals surface area contributed by atoms with Crippen LogP contribution in [-0.2, 0) is 9.53 Å². The van der Waals surface area contributed by atoms with Gasteiger partial charge in [0.05, 0.1) is 7.11 Å². The lowest BCUT2D eigenvalue weighted by Crippen LogP contribution is -2.29. The van der Waals surface area contributed by atoms with E-state index in [-0.39, 0.29) is 0 Å². The van der Waals surface area contributed by atoms with E-state index in [1.807, 2.05) is 0 Å². The summed E-state index contributed by atoms with van der Waals surface area (Å²) in [7, 11) is 1.13. The number of nitrogens with zero attached hydrogens (tertiary/aromatic N) is 1. The molecule has 6 nitrogen and oxygen atoms in total. The van der Waals surface area contributed by atoms with Gasteiger partial charge in [0.25, 0.3) is 0 Å². The summed E-state index contributed by atoms with van der Waals surface area (Å²) in [6.45, 7) is 1.71. The van der Waals surface area contributed by atoms with Crippen molar-refractivity contribution in [3.05, 3.63) is 23.4 Å². The Balaban J connectivity index is 2.91. The summed E-state index contributed by atoms with van der Waals surface area (Å²) in [5.74, 6) is -0.564. The molecule has 0 spiro atoms. The number of hydrogen-bond donors (Lipinski definition) is 3. The molecule has 1 aromatic heterocycles. The zero-order valence-electron chi connectivity index (χ0n) is 9.04. The van der Waals surface area contributed by atoms with Crippen molar-refractivity contribution < 1.29 is 19.7 Å². The van der Waals surface area contributed by atoms with Gasteiger partial charge in [-0.2, -0.15) is 0 Å². The minimum absolute atomic E-state index is 0.310. The molecule has 0 aliphatic heterocycles. The van der Waals surface area contributed by atoms with E-state index < -0.39 is 18.2 Å². The first-order valence-electron chi connectivity index (χ1n) is 4.63. The predicted octanol–water partition coefficient (Wildman–Crippen LogP) is -0.460. The van der Waals surface area contributed by atoms with E-state index in [2.05, 4.69) is 9.72 Å². The highest BCUT2D eigenvalue weighted by molar-refractivity contribution is 5.75. The topological polar surface area (TPSA) is 106 Å². The van der Waals surface area contributed by atoms with Crippen LogP contribution < -0.4 is 5.73 Å². The number of aromatic nitrogens is 1. The number of carbonyl (C=O) groups excluding carboxylic acids is 1. The standard InChI is InChI=1S/C10H14N2O4/c1-5-3-6(4-12-9(5)11)7(13)8(14)10(15)16-2/h3-4,7-8,13-14H,1-2H3,(H2,11,12). The van der Waals surface area contributed by atoms with E-state index in [0.717, 1.165) is 7.11 Å². The summed E-state index contributed by atoms with van der Waals surface area (Å²) in [5, 5.41) is 19.1. The third kappa shape index (κ3) is 2.47. The van der Waals surface area contributed by atoms with Crippen molar-refractivity contribution in [3.8, 4) is 0 Å². The van der Waals surface area contributed by atoms with Crippen LogP contribution in [0.15, 0.2) is 12.3 Å². The number of pyridine rings is 1. The van der Waals surface area contributed by atoms with Crippen molar-refractivity contribution in [2.45, 2.75) is 19.1 Å². The molecule has 0 aromatic carbocycles. The molecule has 4 N–H and O–H groups in total. The lowest BCUT2D eigenvalue weighted by atomic mass is 10.0. The van der Waals surface area contributed by atoms with E-state index >= 15 is 0 Å². The second-order valence-corrected chi connectivity index (χ2v) is 3.38. The van der Waals surface area contributed by atoms with Crippen molar-refractivity contribution in [2.75, 3.05) is 12.8 Å². The number of aryl methyl sites for hydroxylation is 1. The Kier molecular flexibility index (Phi) is 3.81. The van der Waals surface area contributed by atoms with Gasteiger partial charge in [-0.25, -0.2) is 9.78 Å². The Morgan fingerprint density at radius 3 is 2.69 bits per heavy atom. The molecule has 1 heterocycles. The fourth-order valence-electron chi connectivity index (χ4n) is 1.20. The first-order valence-corrected chi connectivity index (χ1v) is 4.63. The van der Waals surface area contributed by atoms with E-state index in [4.69, 9.17) is 5.73 Å². The van der Waals surface area contributed by atoms with E-state index in [1.54, 1.807) is 13.0 Å². The molecule has 0 saturated carbocycles. The molecule has 0 aliphatic carbocycles. The van der Waals surface area contributed by atoms with E-state index in [9.17, 15) is 15.0 Å². The number of esters is 1. The number of carbonyl (C=O) groups is 1. The zero-order valence-corrected chi connectivity index (χ0v) is 9.04. The van der Waals surface area contributed by atoms with Crippen LogP contribution in [0.4, 0.5) is 5.82 Å². The number of ether oxygens (including phenoxy) is 1. The van der Waals surface area contributed by atoms with Gasteiger partial charge in [0.1, 0.15) is 11.9 Å². The lowest BCUT2D eigenvalue weighted by Gasteiger charge is -2.16. The normalized spacial score (nSPS) is 14.2. The first kappa shape index (κ1) is 12.4. The number of methoxy groups -OCH3 is 1. The highest BCUT2D eigenvalue weighted by Gasteiger charge is 2.26. The molecule has 0 aliphatic rings. The second-order valence-electron chi connectivity index (χ2n) is 3.38. The van der Waals surface area contributed by atoms with Crippen LogP contribution in [0.3, 0.4) is 0 Å². The summed E-state index contributed by atoms with van der Waals surface area (Å²) >= 11 is 0. The molecule has 1 rings (SSSR count). The predicted molar refractivity (Wildman–Crippen MR) is 56.4 cm³/mol. The van der Waals surface area contributed by atoms with Gasteiger partial charge in [0.2, 0.25) is 0 Å². The molecule has 16 heavy (non-hydrogen) atoms. The number of rotatable bonds is 3. The first-order chi connectivity index (χ1) is 7.47. The Morgan fingerprint density at radius 2 is 2.19 bits per heavy atom. The molecule has 0 bridgehead atoms. The molecule has 0 radical (unpaired) electrons. The summed E-state index contributed by atoms with van der Waals surface area (Å²) in [6.07, 6.45) is -1.70. The van der Waals surface area contributed by atoms with E-state index in [1.165, 1.54) is 6.20 Å². The molecule has 0 saturated heterocycles. The highest BCUT2D eigenvalue weighted by atomic mass is 16.5. The van der Waals surface area contributed by atoms with Gasteiger partial charge >= 0.3 is 5.97 Å². The molecule has 6 heteroatoms. The van der Waals surface area contributed by atoms with Crippen molar-refractivity contribution in [1.29, 1.82) is 0 Å². The monoisotopic (exact) mass is 226 g/mol. The zero-order chi connectivity index (χ0) is 12.3. The highest BCUT2D eigenvalue weighted by Crippen LogP contribution is 2.19. The number of nitrogens with two attached hydrogens (primary N) is 1. The van der Waals surface area contributed by atoms with Gasteiger partial charge in [-0.1, -0.05) is 0 Å². The maximum Gasteiger partial charge on any atom is 0.337 e. The van der Waals surface area contributed by atoms with Gasteiger partial charge in [-0.05, 0) is 18.6 Å². The number of aliphatic hydroxyl groups excluding tert-OH is 2. The number of anilines is 1. The van der Waals surface area contributed by atoms with Gasteiger partial charge in [-0.15, -0.1) is 0 Å². The summed E-state index contributed by atoms with van der Waals surface area (Å²) < 4.78 is 4.31. The Morgan fingerprint density at radius 1 is 1.56 bits per heavy atom.